The van der Waals surface area contributed by atoms with E-state index in [2.05, 4.69) is 10.3 Å². The topological polar surface area (TPSA) is 62.2 Å². The van der Waals surface area contributed by atoms with E-state index in [0.29, 0.717) is 10.6 Å². The number of aromatic carboxylic acids is 1. The number of carboxylic acids is 1. The van der Waals surface area contributed by atoms with Gasteiger partial charge in [-0.05, 0) is 19.3 Å². The molecule has 2 rings (SSSR count). The summed E-state index contributed by atoms with van der Waals surface area (Å²) in [6.07, 6.45) is 3.86. The second kappa shape index (κ2) is 4.18. The summed E-state index contributed by atoms with van der Waals surface area (Å²) >= 11 is 1.22. The van der Waals surface area contributed by atoms with Gasteiger partial charge in [0.05, 0.1) is 5.69 Å². The van der Waals surface area contributed by atoms with Crippen LogP contribution in [0.5, 0.6) is 0 Å². The van der Waals surface area contributed by atoms with Crippen LogP contribution in [0.4, 0.5) is 5.13 Å². The smallest absolute Gasteiger partial charge is 0.347 e. The standard InChI is InChI=1S/C10H14N2O2S/c1-6-8(9(13)14)15-10(12-6)11-5-4-7-2-3-7/h7H,2-5H2,1H3,(H,11,12)(H,13,14). The van der Waals surface area contributed by atoms with Crippen molar-refractivity contribution in [2.45, 2.75) is 26.2 Å². The molecule has 2 N–H and O–H groups in total. The minimum atomic E-state index is -0.889. The van der Waals surface area contributed by atoms with E-state index in [-0.39, 0.29) is 0 Å². The Morgan fingerprint density at radius 3 is 2.93 bits per heavy atom. The highest BCUT2D eigenvalue weighted by molar-refractivity contribution is 7.17. The van der Waals surface area contributed by atoms with Gasteiger partial charge in [0.15, 0.2) is 5.13 Å². The second-order valence-electron chi connectivity index (χ2n) is 3.90. The normalized spacial score (nSPS) is 15.3. The van der Waals surface area contributed by atoms with Crippen LogP contribution in [0.3, 0.4) is 0 Å². The van der Waals surface area contributed by atoms with Gasteiger partial charge < -0.3 is 10.4 Å². The molecule has 0 aromatic carbocycles. The molecule has 1 aliphatic carbocycles. The molecule has 4 nitrogen and oxygen atoms in total. The number of rotatable bonds is 5. The summed E-state index contributed by atoms with van der Waals surface area (Å²) in [5, 5.41) is 12.7. The number of nitrogens with one attached hydrogen (secondary N) is 1. The van der Waals surface area contributed by atoms with E-state index >= 15 is 0 Å². The van der Waals surface area contributed by atoms with Crippen molar-refractivity contribution in [2.75, 3.05) is 11.9 Å². The van der Waals surface area contributed by atoms with Crippen LogP contribution in [0.15, 0.2) is 0 Å². The van der Waals surface area contributed by atoms with E-state index in [1.165, 1.54) is 30.6 Å². The number of carbonyl (C=O) groups is 1. The number of thiazole rings is 1. The molecule has 0 bridgehead atoms. The Morgan fingerprint density at radius 2 is 2.40 bits per heavy atom. The maximum Gasteiger partial charge on any atom is 0.347 e. The van der Waals surface area contributed by atoms with Crippen LogP contribution in [-0.4, -0.2) is 22.6 Å². The third kappa shape index (κ3) is 2.68. The molecule has 1 aromatic rings. The maximum absolute atomic E-state index is 10.8. The number of carboxylic acid groups (broad SMARTS) is 1. The first-order valence-electron chi connectivity index (χ1n) is 5.11. The Kier molecular flexibility index (Phi) is 2.90. The highest BCUT2D eigenvalue weighted by Crippen LogP contribution is 2.32. The largest absolute Gasteiger partial charge is 0.477 e. The zero-order chi connectivity index (χ0) is 10.8. The zero-order valence-corrected chi connectivity index (χ0v) is 9.43. The van der Waals surface area contributed by atoms with Crippen LogP contribution in [0.1, 0.15) is 34.6 Å². The van der Waals surface area contributed by atoms with Crippen LogP contribution in [0.25, 0.3) is 0 Å². The number of anilines is 1. The second-order valence-corrected chi connectivity index (χ2v) is 4.90. The third-order valence-electron chi connectivity index (χ3n) is 2.52. The van der Waals surface area contributed by atoms with Crippen LogP contribution in [0, 0.1) is 12.8 Å². The van der Waals surface area contributed by atoms with Gasteiger partial charge in [-0.2, -0.15) is 0 Å². The van der Waals surface area contributed by atoms with Gasteiger partial charge in [0.1, 0.15) is 4.88 Å². The van der Waals surface area contributed by atoms with Crippen molar-refractivity contribution in [3.8, 4) is 0 Å². The Hall–Kier alpha value is -1.10. The van der Waals surface area contributed by atoms with Crippen molar-refractivity contribution in [2.24, 2.45) is 5.92 Å². The number of hydrogen-bond donors (Lipinski definition) is 2. The van der Waals surface area contributed by atoms with Crippen LogP contribution in [-0.2, 0) is 0 Å². The van der Waals surface area contributed by atoms with Gasteiger partial charge in [-0.25, -0.2) is 9.78 Å². The molecule has 1 aromatic heterocycles. The van der Waals surface area contributed by atoms with Gasteiger partial charge >= 0.3 is 5.97 Å². The molecule has 0 aliphatic heterocycles. The quantitative estimate of drug-likeness (QED) is 0.809. The highest BCUT2D eigenvalue weighted by atomic mass is 32.1. The lowest BCUT2D eigenvalue weighted by atomic mass is 10.3. The SMILES string of the molecule is Cc1nc(NCCC2CC2)sc1C(=O)O. The fourth-order valence-corrected chi connectivity index (χ4v) is 2.29. The first-order chi connectivity index (χ1) is 7.16. The van der Waals surface area contributed by atoms with Gasteiger partial charge in [-0.15, -0.1) is 0 Å². The Morgan fingerprint density at radius 1 is 1.67 bits per heavy atom. The molecule has 0 atom stereocenters. The Balaban J connectivity index is 1.89. The average molecular weight is 226 g/mol. The zero-order valence-electron chi connectivity index (χ0n) is 8.62. The van der Waals surface area contributed by atoms with Crippen molar-refractivity contribution in [1.29, 1.82) is 0 Å². The molecule has 5 heteroatoms. The number of nitrogens with zero attached hydrogens (tertiary/aromatic N) is 1. The van der Waals surface area contributed by atoms with E-state index in [0.717, 1.165) is 17.6 Å². The first-order valence-corrected chi connectivity index (χ1v) is 5.93. The molecule has 1 aliphatic rings. The average Bonchev–Trinajstić information content (AvgIpc) is 2.90. The summed E-state index contributed by atoms with van der Waals surface area (Å²) in [6.45, 7) is 2.63. The van der Waals surface area contributed by atoms with Gasteiger partial charge in [-0.1, -0.05) is 24.2 Å². The maximum atomic E-state index is 10.8. The summed E-state index contributed by atoms with van der Waals surface area (Å²) < 4.78 is 0. The van der Waals surface area contributed by atoms with Crippen LogP contribution >= 0.6 is 11.3 Å². The molecule has 0 amide bonds. The number of aromatic nitrogens is 1. The summed E-state index contributed by atoms with van der Waals surface area (Å²) in [5.74, 6) is -0.00209. The summed E-state index contributed by atoms with van der Waals surface area (Å²) in [7, 11) is 0. The summed E-state index contributed by atoms with van der Waals surface area (Å²) in [6, 6.07) is 0. The fraction of sp³-hybridized carbons (Fsp3) is 0.600. The summed E-state index contributed by atoms with van der Waals surface area (Å²) in [5.41, 5.74) is 0.599. The molecule has 1 saturated carbocycles. The van der Waals surface area contributed by atoms with Gasteiger partial charge in [0, 0.05) is 6.54 Å². The number of hydrogen-bond acceptors (Lipinski definition) is 4. The Labute approximate surface area is 92.3 Å². The summed E-state index contributed by atoms with van der Waals surface area (Å²) in [4.78, 5) is 15.3. The lowest BCUT2D eigenvalue weighted by Crippen LogP contribution is -2.01. The molecule has 0 radical (unpaired) electrons. The van der Waals surface area contributed by atoms with E-state index < -0.39 is 5.97 Å². The first kappa shape index (κ1) is 10.4. The van der Waals surface area contributed by atoms with Gasteiger partial charge in [-0.3, -0.25) is 0 Å². The van der Waals surface area contributed by atoms with Crippen molar-refractivity contribution < 1.29 is 9.90 Å². The van der Waals surface area contributed by atoms with Crippen LogP contribution in [0.2, 0.25) is 0 Å². The van der Waals surface area contributed by atoms with E-state index in [1.807, 2.05) is 0 Å². The Bertz CT molecular complexity index is 371. The van der Waals surface area contributed by atoms with E-state index in [9.17, 15) is 4.79 Å². The van der Waals surface area contributed by atoms with Crippen molar-refractivity contribution in [3.63, 3.8) is 0 Å². The molecule has 82 valence electrons. The molecule has 0 unspecified atom stereocenters. The predicted molar refractivity (Wildman–Crippen MR) is 59.6 cm³/mol. The third-order valence-corrected chi connectivity index (χ3v) is 3.62. The van der Waals surface area contributed by atoms with Crippen molar-refractivity contribution in [1.82, 2.24) is 4.98 Å². The minimum absolute atomic E-state index is 0.337. The van der Waals surface area contributed by atoms with Crippen LogP contribution < -0.4 is 5.32 Å². The molecule has 1 heterocycles. The minimum Gasteiger partial charge on any atom is -0.477 e. The lowest BCUT2D eigenvalue weighted by Gasteiger charge is -1.99. The van der Waals surface area contributed by atoms with E-state index in [4.69, 9.17) is 5.11 Å². The molecule has 0 saturated heterocycles. The molecular formula is C10H14N2O2S. The molecule has 0 spiro atoms. The highest BCUT2D eigenvalue weighted by Gasteiger charge is 2.20. The molecule has 15 heavy (non-hydrogen) atoms. The number of aryl methyl sites for hydroxylation is 1. The fourth-order valence-electron chi connectivity index (χ4n) is 1.46. The van der Waals surface area contributed by atoms with Gasteiger partial charge in [0.25, 0.3) is 0 Å². The van der Waals surface area contributed by atoms with Crippen molar-refractivity contribution in [3.05, 3.63) is 10.6 Å². The van der Waals surface area contributed by atoms with E-state index in [1.54, 1.807) is 6.92 Å². The molecular weight excluding hydrogens is 212 g/mol. The lowest BCUT2D eigenvalue weighted by molar-refractivity contribution is 0.0701. The predicted octanol–water partition coefficient (Wildman–Crippen LogP) is 2.36. The van der Waals surface area contributed by atoms with Gasteiger partial charge in [0.2, 0.25) is 0 Å². The van der Waals surface area contributed by atoms with Crippen molar-refractivity contribution >= 4 is 22.4 Å². The monoisotopic (exact) mass is 226 g/mol. The molecule has 1 fully saturated rings.